The minimum Gasteiger partial charge on any atom is -0.480 e. The van der Waals surface area contributed by atoms with Crippen molar-refractivity contribution in [3.63, 3.8) is 0 Å². The summed E-state index contributed by atoms with van der Waals surface area (Å²) in [6, 6.07) is -5.21. The lowest BCUT2D eigenvalue weighted by molar-refractivity contribution is -0.143. The third-order valence-electron chi connectivity index (χ3n) is 6.57. The molecule has 0 saturated heterocycles. The summed E-state index contributed by atoms with van der Waals surface area (Å²) in [5.41, 5.74) is 15.6. The SMILES string of the molecule is CC(C)CC(NC(=O)CCC(N)C(=O)O)C(=O)O.CCC(C)C(NC(=O)CCC(N)C(=O)O)C(=O)O.NC(CCC(=O)NCC(=O)O)C(=O)O. The summed E-state index contributed by atoms with van der Waals surface area (Å²) in [6.07, 6.45) is 0.589. The monoisotopic (exact) mass is 724 g/mol. The van der Waals surface area contributed by atoms with Crippen LogP contribution in [0.15, 0.2) is 0 Å². The predicted octanol–water partition coefficient (Wildman–Crippen LogP) is -2.03. The third-order valence-corrected chi connectivity index (χ3v) is 6.57. The van der Waals surface area contributed by atoms with Crippen molar-refractivity contribution in [2.75, 3.05) is 6.54 Å². The average molecular weight is 725 g/mol. The van der Waals surface area contributed by atoms with Crippen LogP contribution in [0.4, 0.5) is 0 Å². The van der Waals surface area contributed by atoms with Gasteiger partial charge in [0.1, 0.15) is 36.8 Å². The van der Waals surface area contributed by atoms with Gasteiger partial charge in [0.05, 0.1) is 0 Å². The second-order valence-electron chi connectivity index (χ2n) is 11.5. The predicted molar refractivity (Wildman–Crippen MR) is 173 cm³/mol. The standard InChI is InChI=1S/2C11H20N2O5.C7H12N2O5/c1-6(2)5-8(11(17)18)13-9(14)4-3-7(12)10(15)16;1-3-6(2)9(11(17)18)13-8(14)5-4-7(12)10(15)16;8-4(7(13)14)1-2-5(10)9-3-6(11)12/h6-8H,3-5,12H2,1-2H3,(H,13,14)(H,15,16)(H,17,18);6-7,9H,3-5,12H2,1-2H3,(H,13,14)(H,15,16)(H,17,18);4H,1-3,8H2,(H,9,10)(H,11,12)(H,13,14). The molecule has 15 N–H and O–H groups in total. The van der Waals surface area contributed by atoms with Crippen molar-refractivity contribution >= 4 is 53.5 Å². The van der Waals surface area contributed by atoms with E-state index in [2.05, 4.69) is 16.0 Å². The molecule has 0 rings (SSSR count). The number of hydrogen-bond acceptors (Lipinski definition) is 12. The van der Waals surface area contributed by atoms with Crippen molar-refractivity contribution in [1.29, 1.82) is 0 Å². The molecule has 0 aromatic rings. The molecule has 6 unspecified atom stereocenters. The number of aliphatic carboxylic acids is 6. The van der Waals surface area contributed by atoms with Crippen molar-refractivity contribution in [1.82, 2.24) is 16.0 Å². The lowest BCUT2D eigenvalue weighted by Crippen LogP contribution is -2.45. The van der Waals surface area contributed by atoms with Gasteiger partial charge in [0.25, 0.3) is 0 Å². The van der Waals surface area contributed by atoms with Crippen molar-refractivity contribution in [3.05, 3.63) is 0 Å². The molecule has 0 aliphatic heterocycles. The molecule has 0 aromatic carbocycles. The molecule has 0 aliphatic carbocycles. The van der Waals surface area contributed by atoms with Gasteiger partial charge in [0.2, 0.25) is 17.7 Å². The van der Waals surface area contributed by atoms with Crippen molar-refractivity contribution in [3.8, 4) is 0 Å². The Balaban J connectivity index is -0.000000669. The summed E-state index contributed by atoms with van der Waals surface area (Å²) < 4.78 is 0. The maximum absolute atomic E-state index is 11.5. The summed E-state index contributed by atoms with van der Waals surface area (Å²) in [7, 11) is 0. The number of carbonyl (C=O) groups is 9. The minimum atomic E-state index is -1.18. The van der Waals surface area contributed by atoms with Gasteiger partial charge in [-0.05, 0) is 37.5 Å². The molecule has 21 nitrogen and oxygen atoms in total. The topological polar surface area (TPSA) is 389 Å². The number of carboxylic acids is 6. The van der Waals surface area contributed by atoms with Crippen LogP contribution in [0.3, 0.4) is 0 Å². The molecular formula is C29H52N6O15. The highest BCUT2D eigenvalue weighted by Crippen LogP contribution is 2.09. The van der Waals surface area contributed by atoms with E-state index in [0.29, 0.717) is 12.8 Å². The normalized spacial score (nSPS) is 13.9. The lowest BCUT2D eigenvalue weighted by atomic mass is 9.99. The lowest BCUT2D eigenvalue weighted by Gasteiger charge is -2.20. The van der Waals surface area contributed by atoms with E-state index in [-0.39, 0.29) is 50.4 Å². The van der Waals surface area contributed by atoms with Crippen LogP contribution in [-0.4, -0.2) is 121 Å². The van der Waals surface area contributed by atoms with Crippen LogP contribution in [0.25, 0.3) is 0 Å². The van der Waals surface area contributed by atoms with Gasteiger partial charge in [-0.25, -0.2) is 9.59 Å². The Hall–Kier alpha value is -4.89. The first-order valence-electron chi connectivity index (χ1n) is 15.4. The Morgan fingerprint density at radius 1 is 0.560 bits per heavy atom. The van der Waals surface area contributed by atoms with E-state index in [9.17, 15) is 43.2 Å². The van der Waals surface area contributed by atoms with Crippen LogP contribution < -0.4 is 33.2 Å². The molecule has 0 fully saturated rings. The summed E-state index contributed by atoms with van der Waals surface area (Å²) >= 11 is 0. The Kier molecular flexibility index (Phi) is 26.7. The number of rotatable bonds is 22. The quantitative estimate of drug-likeness (QED) is 0.0572. The molecular weight excluding hydrogens is 672 g/mol. The largest absolute Gasteiger partial charge is 0.480 e. The van der Waals surface area contributed by atoms with E-state index in [4.69, 9.17) is 47.8 Å². The molecule has 0 spiro atoms. The molecule has 6 atom stereocenters. The maximum Gasteiger partial charge on any atom is 0.326 e. The fourth-order valence-corrected chi connectivity index (χ4v) is 3.38. The second kappa shape index (κ2) is 27.0. The van der Waals surface area contributed by atoms with Gasteiger partial charge in [0.15, 0.2) is 0 Å². The fourth-order valence-electron chi connectivity index (χ4n) is 3.38. The van der Waals surface area contributed by atoms with Gasteiger partial charge in [0, 0.05) is 19.3 Å². The number of amides is 3. The molecule has 0 bridgehead atoms. The first-order valence-corrected chi connectivity index (χ1v) is 15.4. The summed E-state index contributed by atoms with van der Waals surface area (Å²) in [5.74, 6) is -8.48. The van der Waals surface area contributed by atoms with Crippen LogP contribution in [0.1, 0.15) is 79.1 Å². The van der Waals surface area contributed by atoms with E-state index in [1.807, 2.05) is 20.8 Å². The van der Waals surface area contributed by atoms with Gasteiger partial charge < -0.3 is 63.8 Å². The van der Waals surface area contributed by atoms with Crippen molar-refractivity contribution in [2.45, 2.75) is 109 Å². The zero-order chi connectivity index (χ0) is 39.7. The molecule has 0 heterocycles. The minimum absolute atomic E-state index is 0.0131. The van der Waals surface area contributed by atoms with Gasteiger partial charge in [-0.1, -0.05) is 34.1 Å². The Bertz CT molecular complexity index is 1150. The smallest absolute Gasteiger partial charge is 0.326 e. The van der Waals surface area contributed by atoms with Crippen LogP contribution in [0.2, 0.25) is 0 Å². The molecule has 0 saturated carbocycles. The second-order valence-corrected chi connectivity index (χ2v) is 11.5. The number of carbonyl (C=O) groups excluding carboxylic acids is 3. The summed E-state index contributed by atoms with van der Waals surface area (Å²) in [4.78, 5) is 96.7. The van der Waals surface area contributed by atoms with Crippen LogP contribution in [0, 0.1) is 11.8 Å². The third kappa shape index (κ3) is 27.1. The van der Waals surface area contributed by atoms with Crippen LogP contribution in [-0.2, 0) is 43.2 Å². The average Bonchev–Trinajstić information content (AvgIpc) is 3.01. The van der Waals surface area contributed by atoms with Crippen molar-refractivity contribution < 1.29 is 73.8 Å². The first kappa shape index (κ1) is 49.5. The molecule has 50 heavy (non-hydrogen) atoms. The number of hydrogen-bond donors (Lipinski definition) is 12. The maximum atomic E-state index is 11.5. The van der Waals surface area contributed by atoms with Gasteiger partial charge in [-0.2, -0.15) is 0 Å². The molecule has 0 aliphatic rings. The highest BCUT2D eigenvalue weighted by Gasteiger charge is 2.26. The Labute approximate surface area is 288 Å². The van der Waals surface area contributed by atoms with Gasteiger partial charge in [-0.3, -0.25) is 33.6 Å². The zero-order valence-corrected chi connectivity index (χ0v) is 28.5. The van der Waals surface area contributed by atoms with E-state index < -0.39 is 90.3 Å². The number of carboxylic acid groups (broad SMARTS) is 6. The molecule has 0 radical (unpaired) electrons. The number of nitrogens with two attached hydrogens (primary N) is 3. The highest BCUT2D eigenvalue weighted by atomic mass is 16.4. The van der Waals surface area contributed by atoms with E-state index in [1.54, 1.807) is 6.92 Å². The Morgan fingerprint density at radius 2 is 0.940 bits per heavy atom. The Morgan fingerprint density at radius 3 is 1.24 bits per heavy atom. The molecule has 21 heteroatoms. The van der Waals surface area contributed by atoms with E-state index in [0.717, 1.165) is 0 Å². The van der Waals surface area contributed by atoms with Gasteiger partial charge in [-0.15, -0.1) is 0 Å². The van der Waals surface area contributed by atoms with Crippen LogP contribution >= 0.6 is 0 Å². The molecule has 288 valence electrons. The van der Waals surface area contributed by atoms with Crippen LogP contribution in [0.5, 0.6) is 0 Å². The first-order chi connectivity index (χ1) is 23.0. The number of nitrogens with one attached hydrogen (secondary N) is 3. The molecule has 0 aromatic heterocycles. The van der Waals surface area contributed by atoms with E-state index >= 15 is 0 Å². The highest BCUT2D eigenvalue weighted by molar-refractivity contribution is 5.85. The van der Waals surface area contributed by atoms with Gasteiger partial charge >= 0.3 is 35.8 Å². The van der Waals surface area contributed by atoms with E-state index in [1.165, 1.54) is 0 Å². The zero-order valence-electron chi connectivity index (χ0n) is 28.5. The fraction of sp³-hybridized carbons (Fsp3) is 0.690. The van der Waals surface area contributed by atoms with Crippen molar-refractivity contribution in [2.24, 2.45) is 29.0 Å². The summed E-state index contributed by atoms with van der Waals surface area (Å²) in [5, 5.41) is 58.3. The summed E-state index contributed by atoms with van der Waals surface area (Å²) in [6.45, 7) is 6.78. The molecule has 3 amide bonds.